The van der Waals surface area contributed by atoms with Crippen molar-refractivity contribution in [3.63, 3.8) is 0 Å². The largest absolute Gasteiger partial charge is 0.496 e. The number of halogens is 2. The normalized spacial score (nSPS) is 15.0. The van der Waals surface area contributed by atoms with E-state index in [-0.39, 0.29) is 23.8 Å². The van der Waals surface area contributed by atoms with Crippen molar-refractivity contribution in [1.29, 1.82) is 0 Å². The first-order chi connectivity index (χ1) is 16.4. The van der Waals surface area contributed by atoms with Crippen molar-refractivity contribution >= 4 is 28.5 Å². The summed E-state index contributed by atoms with van der Waals surface area (Å²) in [6.45, 7) is 0.0926. The molecule has 1 aromatic heterocycles. The lowest BCUT2D eigenvalue weighted by atomic mass is 9.86. The Morgan fingerprint density at radius 1 is 1.09 bits per heavy atom. The van der Waals surface area contributed by atoms with Crippen LogP contribution in [0.3, 0.4) is 0 Å². The van der Waals surface area contributed by atoms with Crippen LogP contribution in [0.5, 0.6) is 17.2 Å². The van der Waals surface area contributed by atoms with E-state index in [0.717, 1.165) is 0 Å². The molecule has 3 aromatic carbocycles. The van der Waals surface area contributed by atoms with Crippen LogP contribution >= 0.6 is 11.6 Å². The van der Waals surface area contributed by atoms with Crippen LogP contribution in [0.1, 0.15) is 29.0 Å². The molecule has 8 heteroatoms. The highest BCUT2D eigenvalue weighted by Crippen LogP contribution is 2.41. The number of esters is 1. The Labute approximate surface area is 198 Å². The molecule has 2 heterocycles. The Hall–Kier alpha value is -3.84. The summed E-state index contributed by atoms with van der Waals surface area (Å²) in [4.78, 5) is 25.4. The number of rotatable bonds is 5. The molecule has 0 saturated heterocycles. The van der Waals surface area contributed by atoms with Gasteiger partial charge in [0.2, 0.25) is 0 Å². The first-order valence-corrected chi connectivity index (χ1v) is 10.8. The fourth-order valence-electron chi connectivity index (χ4n) is 4.11. The number of hydrogen-bond donors (Lipinski definition) is 0. The number of hydrogen-bond acceptors (Lipinski definition) is 6. The van der Waals surface area contributed by atoms with Gasteiger partial charge < -0.3 is 18.6 Å². The van der Waals surface area contributed by atoms with Crippen LogP contribution in [-0.2, 0) is 11.4 Å². The molecule has 1 atom stereocenters. The van der Waals surface area contributed by atoms with Gasteiger partial charge in [-0.2, -0.15) is 0 Å². The summed E-state index contributed by atoms with van der Waals surface area (Å²) in [6.07, 6.45) is -0.0176. The highest BCUT2D eigenvalue weighted by atomic mass is 35.5. The van der Waals surface area contributed by atoms with Crippen LogP contribution < -0.4 is 19.8 Å². The summed E-state index contributed by atoms with van der Waals surface area (Å²) in [7, 11) is 1.53. The van der Waals surface area contributed by atoms with Crippen molar-refractivity contribution in [3.8, 4) is 17.2 Å². The van der Waals surface area contributed by atoms with Gasteiger partial charge in [0.05, 0.1) is 29.5 Å². The molecule has 0 aliphatic carbocycles. The van der Waals surface area contributed by atoms with Gasteiger partial charge in [0.15, 0.2) is 5.75 Å². The standard InChI is InChI=1S/C26H18ClFO6/c1-31-21-9-6-14(10-15(21)13-32-16-7-8-20(28)19(27)11-16)18-12-23(29)34-25-17-4-2-3-5-22(17)33-26(30)24(18)25/h2-11,18H,12-13H2,1H3. The third-order valence-corrected chi connectivity index (χ3v) is 6.02. The molecule has 1 aliphatic rings. The van der Waals surface area contributed by atoms with Gasteiger partial charge >= 0.3 is 11.6 Å². The van der Waals surface area contributed by atoms with E-state index in [9.17, 15) is 14.0 Å². The molecule has 0 fully saturated rings. The number of carbonyl (C=O) groups is 1. The molecule has 6 nitrogen and oxygen atoms in total. The Kier molecular flexibility index (Phi) is 5.71. The number of para-hydroxylation sites is 1. The highest BCUT2D eigenvalue weighted by Gasteiger charge is 2.34. The molecular formula is C26H18ClFO6. The first kappa shape index (κ1) is 22.0. The summed E-state index contributed by atoms with van der Waals surface area (Å²) in [5.74, 6) is -0.381. The number of carbonyl (C=O) groups excluding carboxylic acids is 1. The highest BCUT2D eigenvalue weighted by molar-refractivity contribution is 6.30. The molecule has 5 rings (SSSR count). The average Bonchev–Trinajstić information content (AvgIpc) is 2.84. The molecule has 1 unspecified atom stereocenters. The molecule has 172 valence electrons. The lowest BCUT2D eigenvalue weighted by molar-refractivity contribution is -0.135. The second kappa shape index (κ2) is 8.83. The number of benzene rings is 3. The zero-order valence-electron chi connectivity index (χ0n) is 18.0. The van der Waals surface area contributed by atoms with E-state index < -0.39 is 23.3 Å². The second-order valence-electron chi connectivity index (χ2n) is 7.80. The van der Waals surface area contributed by atoms with E-state index in [1.165, 1.54) is 25.3 Å². The van der Waals surface area contributed by atoms with Crippen LogP contribution in [0.25, 0.3) is 11.0 Å². The van der Waals surface area contributed by atoms with Gasteiger partial charge in [0.25, 0.3) is 0 Å². The Morgan fingerprint density at radius 3 is 2.71 bits per heavy atom. The minimum Gasteiger partial charge on any atom is -0.496 e. The van der Waals surface area contributed by atoms with Crippen LogP contribution in [-0.4, -0.2) is 13.1 Å². The fourth-order valence-corrected chi connectivity index (χ4v) is 4.28. The predicted molar refractivity (Wildman–Crippen MR) is 123 cm³/mol. The van der Waals surface area contributed by atoms with Gasteiger partial charge in [-0.05, 0) is 42.0 Å². The molecule has 1 aliphatic heterocycles. The third kappa shape index (κ3) is 3.99. The molecule has 0 amide bonds. The van der Waals surface area contributed by atoms with E-state index in [1.54, 1.807) is 36.4 Å². The van der Waals surface area contributed by atoms with Crippen molar-refractivity contribution in [2.45, 2.75) is 18.9 Å². The number of fused-ring (bicyclic) bond motifs is 3. The maximum absolute atomic E-state index is 13.4. The molecule has 34 heavy (non-hydrogen) atoms. The number of methoxy groups -OCH3 is 1. The van der Waals surface area contributed by atoms with Gasteiger partial charge in [0.1, 0.15) is 29.5 Å². The molecule has 0 radical (unpaired) electrons. The fraction of sp³-hybridized carbons (Fsp3) is 0.154. The monoisotopic (exact) mass is 480 g/mol. The van der Waals surface area contributed by atoms with Gasteiger partial charge in [-0.1, -0.05) is 29.8 Å². The maximum atomic E-state index is 13.4. The topological polar surface area (TPSA) is 75.0 Å². The molecule has 0 bridgehead atoms. The third-order valence-electron chi connectivity index (χ3n) is 5.73. The van der Waals surface area contributed by atoms with Crippen molar-refractivity contribution in [3.05, 3.63) is 98.6 Å². The zero-order valence-corrected chi connectivity index (χ0v) is 18.7. The Balaban J connectivity index is 1.54. The molecule has 0 spiro atoms. The predicted octanol–water partition coefficient (Wildman–Crippen LogP) is 5.61. The van der Waals surface area contributed by atoms with Gasteiger partial charge in [-0.3, -0.25) is 4.79 Å². The SMILES string of the molecule is COc1ccc(C2CC(=O)Oc3c2c(=O)oc2ccccc32)cc1COc1ccc(F)c(Cl)c1. The van der Waals surface area contributed by atoms with Crippen LogP contribution in [0.2, 0.25) is 5.02 Å². The Bertz CT molecular complexity index is 1480. The smallest absolute Gasteiger partial charge is 0.343 e. The minimum absolute atomic E-state index is 0.0176. The van der Waals surface area contributed by atoms with Gasteiger partial charge in [-0.25, -0.2) is 9.18 Å². The van der Waals surface area contributed by atoms with Gasteiger partial charge in [0, 0.05) is 17.5 Å². The van der Waals surface area contributed by atoms with Gasteiger partial charge in [-0.15, -0.1) is 0 Å². The summed E-state index contributed by atoms with van der Waals surface area (Å²) in [5, 5.41) is 0.509. The van der Waals surface area contributed by atoms with Crippen LogP contribution in [0.4, 0.5) is 4.39 Å². The maximum Gasteiger partial charge on any atom is 0.343 e. The molecule has 0 saturated carbocycles. The van der Waals surface area contributed by atoms with Crippen LogP contribution in [0, 0.1) is 5.82 Å². The summed E-state index contributed by atoms with van der Waals surface area (Å²) >= 11 is 5.84. The summed E-state index contributed by atoms with van der Waals surface area (Å²) in [5.41, 5.74) is 1.46. The van der Waals surface area contributed by atoms with Crippen molar-refractivity contribution in [1.82, 2.24) is 0 Å². The van der Waals surface area contributed by atoms with Crippen molar-refractivity contribution in [2.75, 3.05) is 7.11 Å². The second-order valence-corrected chi connectivity index (χ2v) is 8.20. The number of ether oxygens (including phenoxy) is 3. The van der Waals surface area contributed by atoms with E-state index in [2.05, 4.69) is 0 Å². The lowest BCUT2D eigenvalue weighted by Crippen LogP contribution is -2.26. The van der Waals surface area contributed by atoms with Crippen molar-refractivity contribution in [2.24, 2.45) is 0 Å². The molecular weight excluding hydrogens is 463 g/mol. The Morgan fingerprint density at radius 2 is 1.91 bits per heavy atom. The average molecular weight is 481 g/mol. The van der Waals surface area contributed by atoms with E-state index in [1.807, 2.05) is 6.07 Å². The molecule has 0 N–H and O–H groups in total. The zero-order chi connectivity index (χ0) is 23.8. The molecule has 4 aromatic rings. The van der Waals surface area contributed by atoms with E-state index in [4.69, 9.17) is 30.2 Å². The summed E-state index contributed by atoms with van der Waals surface area (Å²) < 4.78 is 35.7. The van der Waals surface area contributed by atoms with E-state index >= 15 is 0 Å². The first-order valence-electron chi connectivity index (χ1n) is 10.5. The summed E-state index contributed by atoms with van der Waals surface area (Å²) in [6, 6.07) is 16.3. The quantitative estimate of drug-likeness (QED) is 0.273. The van der Waals surface area contributed by atoms with E-state index in [0.29, 0.717) is 39.2 Å². The van der Waals surface area contributed by atoms with Crippen LogP contribution in [0.15, 0.2) is 69.9 Å². The minimum atomic E-state index is -0.568. The lowest BCUT2D eigenvalue weighted by Gasteiger charge is -2.25. The van der Waals surface area contributed by atoms with Crippen molar-refractivity contribution < 1.29 is 27.8 Å².